The lowest BCUT2D eigenvalue weighted by atomic mass is 9.95. The molecule has 0 aliphatic rings. The van der Waals surface area contributed by atoms with Crippen LogP contribution in [0.1, 0.15) is 30.9 Å². The lowest BCUT2D eigenvalue weighted by molar-refractivity contribution is -0.528. The lowest BCUT2D eigenvalue weighted by Gasteiger charge is -2.20. The van der Waals surface area contributed by atoms with Gasteiger partial charge in [-0.15, -0.1) is 0 Å². The molecule has 0 aromatic heterocycles. The summed E-state index contributed by atoms with van der Waals surface area (Å²) in [5, 5.41) is 14.3. The number of carboxylic acids is 1. The second-order valence-corrected chi connectivity index (χ2v) is 7.43. The van der Waals surface area contributed by atoms with Crippen molar-refractivity contribution in [2.45, 2.75) is 39.2 Å². The third-order valence-corrected chi connectivity index (χ3v) is 4.93. The number of rotatable bonds is 9. The normalized spacial score (nSPS) is 13.4. The number of aliphatic carboxylic acids is 1. The van der Waals surface area contributed by atoms with E-state index in [9.17, 15) is 14.7 Å². The number of amidine groups is 1. The summed E-state index contributed by atoms with van der Waals surface area (Å²) in [4.78, 5) is 23.4. The predicted molar refractivity (Wildman–Crippen MR) is 116 cm³/mol. The molecule has 160 valence electrons. The van der Waals surface area contributed by atoms with Crippen molar-refractivity contribution in [1.82, 2.24) is 10.9 Å². The number of amides is 1. The fraction of sp³-hybridized carbons (Fsp3) is 0.318. The summed E-state index contributed by atoms with van der Waals surface area (Å²) >= 11 is 0. The molecule has 30 heavy (non-hydrogen) atoms. The molecule has 0 bridgehead atoms. The van der Waals surface area contributed by atoms with Gasteiger partial charge in [0.25, 0.3) is 0 Å². The molecule has 0 heterocycles. The van der Waals surface area contributed by atoms with Crippen molar-refractivity contribution in [3.8, 4) is 11.1 Å². The number of nitrogens with two attached hydrogens (primary N) is 2. The number of hydrazone groups is 1. The Morgan fingerprint density at radius 3 is 2.43 bits per heavy atom. The number of carbonyl (C=O) groups is 2. The predicted octanol–water partition coefficient (Wildman–Crippen LogP) is 0.00632. The number of carbonyl (C=O) groups excluding carboxylic acids is 1. The van der Waals surface area contributed by atoms with Crippen molar-refractivity contribution in [1.29, 1.82) is 0 Å². The second-order valence-electron chi connectivity index (χ2n) is 7.43. The Morgan fingerprint density at radius 1 is 1.13 bits per heavy atom. The SMILES string of the molecule is Cc1cccc(-c2ccc(CC[C@H](C[C@H](C)C(=O)O)NC(=O)/C(N)=[NH+]/NN)cc2)c1. The highest BCUT2D eigenvalue weighted by Crippen LogP contribution is 2.22. The minimum absolute atomic E-state index is 0.187. The Bertz CT molecular complexity index is 896. The van der Waals surface area contributed by atoms with E-state index in [2.05, 4.69) is 65.3 Å². The third-order valence-electron chi connectivity index (χ3n) is 4.93. The maximum Gasteiger partial charge on any atom is 0.355 e. The number of nitrogens with one attached hydrogen (secondary N) is 3. The zero-order valence-electron chi connectivity index (χ0n) is 17.3. The van der Waals surface area contributed by atoms with Gasteiger partial charge >= 0.3 is 17.7 Å². The molecule has 2 rings (SSSR count). The summed E-state index contributed by atoms with van der Waals surface area (Å²) < 4.78 is 0. The van der Waals surface area contributed by atoms with E-state index in [4.69, 9.17) is 11.6 Å². The highest BCUT2D eigenvalue weighted by molar-refractivity contribution is 6.34. The number of carboxylic acid groups (broad SMARTS) is 1. The maximum atomic E-state index is 12.2. The van der Waals surface area contributed by atoms with Crippen molar-refractivity contribution in [2.75, 3.05) is 0 Å². The van der Waals surface area contributed by atoms with Crippen LogP contribution in [0, 0.1) is 12.8 Å². The van der Waals surface area contributed by atoms with Crippen molar-refractivity contribution in [3.63, 3.8) is 0 Å². The number of hydrogen-bond acceptors (Lipinski definition) is 4. The molecule has 8 nitrogen and oxygen atoms in total. The average Bonchev–Trinajstić information content (AvgIpc) is 2.72. The molecule has 2 aromatic rings. The van der Waals surface area contributed by atoms with Crippen LogP contribution in [0.5, 0.6) is 0 Å². The van der Waals surface area contributed by atoms with Gasteiger partial charge in [0, 0.05) is 6.04 Å². The molecule has 0 spiro atoms. The molecule has 0 radical (unpaired) electrons. The van der Waals surface area contributed by atoms with E-state index in [-0.39, 0.29) is 11.9 Å². The van der Waals surface area contributed by atoms with E-state index >= 15 is 0 Å². The van der Waals surface area contributed by atoms with Gasteiger partial charge in [0.1, 0.15) is 0 Å². The summed E-state index contributed by atoms with van der Waals surface area (Å²) in [6.07, 6.45) is 1.57. The van der Waals surface area contributed by atoms with Crippen LogP contribution in [0.4, 0.5) is 0 Å². The minimum atomic E-state index is -0.907. The van der Waals surface area contributed by atoms with E-state index < -0.39 is 17.8 Å². The molecule has 0 fully saturated rings. The zero-order chi connectivity index (χ0) is 22.1. The van der Waals surface area contributed by atoms with E-state index in [1.54, 1.807) is 6.92 Å². The van der Waals surface area contributed by atoms with Gasteiger partial charge in [-0.3, -0.25) is 15.3 Å². The van der Waals surface area contributed by atoms with Crippen LogP contribution >= 0.6 is 0 Å². The van der Waals surface area contributed by atoms with Gasteiger partial charge in [-0.05, 0) is 42.9 Å². The first-order valence-electron chi connectivity index (χ1n) is 9.83. The number of hydrogen-bond donors (Lipinski definition) is 6. The Morgan fingerprint density at radius 2 is 1.83 bits per heavy atom. The van der Waals surface area contributed by atoms with Gasteiger partial charge in [0.2, 0.25) is 0 Å². The maximum absolute atomic E-state index is 12.2. The Hall–Kier alpha value is -3.39. The Kier molecular flexibility index (Phi) is 8.37. The first-order valence-corrected chi connectivity index (χ1v) is 9.83. The quantitative estimate of drug-likeness (QED) is 0.148. The average molecular weight is 413 g/mol. The monoisotopic (exact) mass is 412 g/mol. The van der Waals surface area contributed by atoms with Crippen LogP contribution in [0.2, 0.25) is 0 Å². The van der Waals surface area contributed by atoms with Gasteiger partial charge in [0.05, 0.1) is 5.92 Å². The van der Waals surface area contributed by atoms with Crippen LogP contribution < -0.4 is 27.5 Å². The van der Waals surface area contributed by atoms with Gasteiger partial charge < -0.3 is 10.4 Å². The number of hydrazine groups is 2. The fourth-order valence-electron chi connectivity index (χ4n) is 3.20. The molecule has 2 aromatic carbocycles. The third kappa shape index (κ3) is 6.89. The fourth-order valence-corrected chi connectivity index (χ4v) is 3.20. The van der Waals surface area contributed by atoms with Crippen LogP contribution in [0.3, 0.4) is 0 Å². The van der Waals surface area contributed by atoms with Crippen LogP contribution in [0.15, 0.2) is 48.5 Å². The molecule has 0 saturated carbocycles. The summed E-state index contributed by atoms with van der Waals surface area (Å²) in [6, 6.07) is 16.2. The molecule has 0 aliphatic heterocycles. The molecule has 1 amide bonds. The van der Waals surface area contributed by atoms with E-state index in [0.29, 0.717) is 19.3 Å². The highest BCUT2D eigenvalue weighted by Gasteiger charge is 2.23. The summed E-state index contributed by atoms with van der Waals surface area (Å²) in [6.45, 7) is 3.68. The highest BCUT2D eigenvalue weighted by atomic mass is 16.4. The summed E-state index contributed by atoms with van der Waals surface area (Å²) in [7, 11) is 0. The van der Waals surface area contributed by atoms with Crippen LogP contribution in [-0.2, 0) is 16.0 Å². The molecule has 0 saturated heterocycles. The Balaban J connectivity index is 2.05. The van der Waals surface area contributed by atoms with Crippen molar-refractivity contribution >= 4 is 17.7 Å². The zero-order valence-corrected chi connectivity index (χ0v) is 17.3. The molecular formula is C22H30N5O3+. The molecule has 8 heteroatoms. The van der Waals surface area contributed by atoms with Gasteiger partial charge in [-0.1, -0.05) is 61.0 Å². The van der Waals surface area contributed by atoms with Crippen LogP contribution in [0.25, 0.3) is 11.1 Å². The summed E-state index contributed by atoms with van der Waals surface area (Å²) in [5.41, 5.74) is 12.3. The van der Waals surface area contributed by atoms with E-state index in [0.717, 1.165) is 16.7 Å². The van der Waals surface area contributed by atoms with Crippen molar-refractivity contribution in [3.05, 3.63) is 59.7 Å². The molecule has 8 N–H and O–H groups in total. The van der Waals surface area contributed by atoms with Crippen molar-refractivity contribution < 1.29 is 19.8 Å². The largest absolute Gasteiger partial charge is 0.481 e. The smallest absolute Gasteiger partial charge is 0.355 e. The molecule has 0 unspecified atom stereocenters. The van der Waals surface area contributed by atoms with Gasteiger partial charge in [-0.25, -0.2) is 5.84 Å². The van der Waals surface area contributed by atoms with Crippen LogP contribution in [-0.4, -0.2) is 28.9 Å². The summed E-state index contributed by atoms with van der Waals surface area (Å²) in [5.74, 6) is 2.87. The van der Waals surface area contributed by atoms with Crippen molar-refractivity contribution in [2.24, 2.45) is 17.5 Å². The van der Waals surface area contributed by atoms with Gasteiger partial charge in [-0.2, -0.15) is 10.6 Å². The second kappa shape index (κ2) is 11.0. The molecule has 2 atom stereocenters. The number of benzene rings is 2. The topological polar surface area (TPSA) is 144 Å². The number of aryl methyl sites for hydroxylation is 2. The van der Waals surface area contributed by atoms with E-state index in [1.807, 2.05) is 6.07 Å². The molecular weight excluding hydrogens is 382 g/mol. The molecule has 0 aliphatic carbocycles. The van der Waals surface area contributed by atoms with Gasteiger partial charge in [0.15, 0.2) is 0 Å². The minimum Gasteiger partial charge on any atom is -0.481 e. The first-order chi connectivity index (χ1) is 14.3. The van der Waals surface area contributed by atoms with E-state index in [1.165, 1.54) is 5.56 Å². The Labute approximate surface area is 176 Å². The first kappa shape index (κ1) is 22.9. The lowest BCUT2D eigenvalue weighted by Crippen LogP contribution is -2.89. The standard InChI is InChI=1S/C22H29N5O3/c1-14-4-3-5-18(12-14)17-9-6-16(7-10-17)8-11-19(13-15(2)22(29)30)25-21(28)20(23)26-27-24/h3-7,9-10,12,15,19,27H,8,11,13,24H2,1-2H3,(H2,23,26)(H,25,28)(H,29,30)/p+1/t15-,19+/m0/s1.